The van der Waals surface area contributed by atoms with Crippen LogP contribution < -0.4 is 4.74 Å². The number of ether oxygens (including phenoxy) is 2. The van der Waals surface area contributed by atoms with Crippen molar-refractivity contribution in [2.45, 2.75) is 50.7 Å². The maximum atomic E-state index is 8.94. The summed E-state index contributed by atoms with van der Waals surface area (Å²) in [4.78, 5) is 0. The molecular formula is C16H21NO3. The van der Waals surface area contributed by atoms with Crippen LogP contribution in [0.1, 0.15) is 43.2 Å². The minimum atomic E-state index is 0.249. The molecule has 1 aromatic carbocycles. The highest BCUT2D eigenvalue weighted by Gasteiger charge is 2.24. The second kappa shape index (κ2) is 5.83. The summed E-state index contributed by atoms with van der Waals surface area (Å²) in [5, 5.41) is 12.3. The lowest BCUT2D eigenvalue weighted by molar-refractivity contribution is 0.0209. The number of aryl methyl sites for hydroxylation is 1. The Labute approximate surface area is 119 Å². The summed E-state index contributed by atoms with van der Waals surface area (Å²) in [6.07, 6.45) is 6.68. The van der Waals surface area contributed by atoms with Crippen molar-refractivity contribution in [3.63, 3.8) is 0 Å². The van der Waals surface area contributed by atoms with Crippen molar-refractivity contribution in [3.05, 3.63) is 29.3 Å². The van der Waals surface area contributed by atoms with Crippen LogP contribution in [0.2, 0.25) is 0 Å². The highest BCUT2D eigenvalue weighted by molar-refractivity contribution is 6.04. The number of oxime groups is 1. The van der Waals surface area contributed by atoms with Crippen LogP contribution in [0.4, 0.5) is 0 Å². The normalized spacial score (nSPS) is 27.6. The molecule has 20 heavy (non-hydrogen) atoms. The van der Waals surface area contributed by atoms with Crippen LogP contribution in [0.5, 0.6) is 5.75 Å². The molecule has 108 valence electrons. The SMILES string of the molecule is COC1CCCC(Oc2ccc3c(c2)CC/C3=N\O)C1. The predicted molar refractivity (Wildman–Crippen MR) is 76.8 cm³/mol. The molecule has 1 saturated carbocycles. The van der Waals surface area contributed by atoms with E-state index in [1.807, 2.05) is 12.1 Å². The molecule has 1 aromatic rings. The van der Waals surface area contributed by atoms with Gasteiger partial charge in [-0.05, 0) is 55.9 Å². The van der Waals surface area contributed by atoms with Gasteiger partial charge in [0.2, 0.25) is 0 Å². The van der Waals surface area contributed by atoms with Gasteiger partial charge < -0.3 is 14.7 Å². The summed E-state index contributed by atoms with van der Waals surface area (Å²) in [6, 6.07) is 6.07. The molecule has 1 fully saturated rings. The van der Waals surface area contributed by atoms with E-state index in [1.165, 1.54) is 5.56 Å². The number of nitrogens with zero attached hydrogens (tertiary/aromatic N) is 1. The fourth-order valence-corrected chi connectivity index (χ4v) is 3.24. The van der Waals surface area contributed by atoms with E-state index in [0.29, 0.717) is 6.10 Å². The zero-order valence-electron chi connectivity index (χ0n) is 11.8. The number of hydrogen-bond acceptors (Lipinski definition) is 4. The van der Waals surface area contributed by atoms with Gasteiger partial charge in [-0.3, -0.25) is 0 Å². The van der Waals surface area contributed by atoms with Gasteiger partial charge in [0.15, 0.2) is 0 Å². The van der Waals surface area contributed by atoms with Crippen LogP contribution in [0.3, 0.4) is 0 Å². The fraction of sp³-hybridized carbons (Fsp3) is 0.562. The average molecular weight is 275 g/mol. The third-order valence-electron chi connectivity index (χ3n) is 4.35. The number of hydrogen-bond donors (Lipinski definition) is 1. The molecule has 0 spiro atoms. The maximum Gasteiger partial charge on any atom is 0.120 e. The van der Waals surface area contributed by atoms with Gasteiger partial charge in [-0.25, -0.2) is 0 Å². The van der Waals surface area contributed by atoms with E-state index >= 15 is 0 Å². The zero-order valence-corrected chi connectivity index (χ0v) is 11.8. The molecule has 4 nitrogen and oxygen atoms in total. The molecule has 0 amide bonds. The van der Waals surface area contributed by atoms with Gasteiger partial charge in [0.1, 0.15) is 11.9 Å². The van der Waals surface area contributed by atoms with Crippen LogP contribution in [0, 0.1) is 0 Å². The maximum absolute atomic E-state index is 8.94. The largest absolute Gasteiger partial charge is 0.490 e. The van der Waals surface area contributed by atoms with Gasteiger partial charge in [-0.2, -0.15) is 0 Å². The molecular weight excluding hydrogens is 254 g/mol. The third kappa shape index (κ3) is 2.66. The Kier molecular flexibility index (Phi) is 3.92. The number of methoxy groups -OCH3 is 1. The summed E-state index contributed by atoms with van der Waals surface area (Å²) >= 11 is 0. The fourth-order valence-electron chi connectivity index (χ4n) is 3.24. The third-order valence-corrected chi connectivity index (χ3v) is 4.35. The van der Waals surface area contributed by atoms with E-state index in [0.717, 1.165) is 55.5 Å². The van der Waals surface area contributed by atoms with Crippen molar-refractivity contribution in [3.8, 4) is 5.75 Å². The van der Waals surface area contributed by atoms with Crippen LogP contribution in [-0.2, 0) is 11.2 Å². The topological polar surface area (TPSA) is 51.0 Å². The molecule has 2 aliphatic carbocycles. The van der Waals surface area contributed by atoms with Crippen LogP contribution in [0.25, 0.3) is 0 Å². The Bertz CT molecular complexity index is 512. The predicted octanol–water partition coefficient (Wildman–Crippen LogP) is 3.15. The van der Waals surface area contributed by atoms with Gasteiger partial charge in [-0.15, -0.1) is 0 Å². The van der Waals surface area contributed by atoms with E-state index in [1.54, 1.807) is 7.11 Å². The Morgan fingerprint density at radius 1 is 1.20 bits per heavy atom. The molecule has 4 heteroatoms. The first-order valence-electron chi connectivity index (χ1n) is 7.34. The molecule has 0 radical (unpaired) electrons. The Balaban J connectivity index is 1.70. The molecule has 2 unspecified atom stereocenters. The summed E-state index contributed by atoms with van der Waals surface area (Å²) in [6.45, 7) is 0. The van der Waals surface area contributed by atoms with Crippen molar-refractivity contribution in [1.82, 2.24) is 0 Å². The zero-order chi connectivity index (χ0) is 13.9. The lowest BCUT2D eigenvalue weighted by atomic mass is 9.95. The Morgan fingerprint density at radius 3 is 2.85 bits per heavy atom. The summed E-state index contributed by atoms with van der Waals surface area (Å²) < 4.78 is 11.5. The van der Waals surface area contributed by atoms with Crippen LogP contribution >= 0.6 is 0 Å². The van der Waals surface area contributed by atoms with E-state index in [-0.39, 0.29) is 6.10 Å². The second-order valence-corrected chi connectivity index (χ2v) is 5.63. The highest BCUT2D eigenvalue weighted by Crippen LogP contribution is 2.29. The van der Waals surface area contributed by atoms with Crippen molar-refractivity contribution < 1.29 is 14.7 Å². The Morgan fingerprint density at radius 2 is 2.05 bits per heavy atom. The van der Waals surface area contributed by atoms with Gasteiger partial charge >= 0.3 is 0 Å². The van der Waals surface area contributed by atoms with Gasteiger partial charge in [0.05, 0.1) is 11.8 Å². The quantitative estimate of drug-likeness (QED) is 0.681. The Hall–Kier alpha value is -1.55. The number of fused-ring (bicyclic) bond motifs is 1. The van der Waals surface area contributed by atoms with E-state index in [9.17, 15) is 0 Å². The first-order valence-corrected chi connectivity index (χ1v) is 7.34. The first kappa shape index (κ1) is 13.4. The molecule has 1 N–H and O–H groups in total. The average Bonchev–Trinajstić information content (AvgIpc) is 2.89. The molecule has 0 aliphatic heterocycles. The first-order chi connectivity index (χ1) is 9.80. The van der Waals surface area contributed by atoms with Crippen LogP contribution in [0.15, 0.2) is 23.4 Å². The van der Waals surface area contributed by atoms with Gasteiger partial charge in [0, 0.05) is 19.1 Å². The van der Waals surface area contributed by atoms with Crippen LogP contribution in [-0.4, -0.2) is 30.2 Å². The summed E-state index contributed by atoms with van der Waals surface area (Å²) in [5.74, 6) is 0.921. The van der Waals surface area contributed by atoms with Crippen molar-refractivity contribution in [1.29, 1.82) is 0 Å². The molecule has 2 atom stereocenters. The second-order valence-electron chi connectivity index (χ2n) is 5.63. The molecule has 0 heterocycles. The van der Waals surface area contributed by atoms with E-state index in [2.05, 4.69) is 11.2 Å². The van der Waals surface area contributed by atoms with Crippen molar-refractivity contribution in [2.75, 3.05) is 7.11 Å². The smallest absolute Gasteiger partial charge is 0.120 e. The van der Waals surface area contributed by atoms with Gasteiger partial charge in [0.25, 0.3) is 0 Å². The summed E-state index contributed by atoms with van der Waals surface area (Å²) in [5.41, 5.74) is 3.05. The van der Waals surface area contributed by atoms with Gasteiger partial charge in [-0.1, -0.05) is 5.16 Å². The molecule has 3 rings (SSSR count). The standard InChI is InChI=1S/C16H21NO3/c1-19-12-3-2-4-13(10-12)20-14-6-7-15-11(9-14)5-8-16(15)17-18/h6-7,9,12-13,18H,2-5,8,10H2,1H3/b17-16+. The minimum absolute atomic E-state index is 0.249. The monoisotopic (exact) mass is 275 g/mol. The summed E-state index contributed by atoms with van der Waals surface area (Å²) in [7, 11) is 1.78. The van der Waals surface area contributed by atoms with E-state index in [4.69, 9.17) is 14.7 Å². The minimum Gasteiger partial charge on any atom is -0.490 e. The molecule has 0 bridgehead atoms. The lowest BCUT2D eigenvalue weighted by Gasteiger charge is -2.28. The van der Waals surface area contributed by atoms with E-state index < -0.39 is 0 Å². The van der Waals surface area contributed by atoms with Crippen molar-refractivity contribution in [2.24, 2.45) is 5.16 Å². The molecule has 2 aliphatic rings. The number of rotatable bonds is 3. The molecule has 0 saturated heterocycles. The number of benzene rings is 1. The lowest BCUT2D eigenvalue weighted by Crippen LogP contribution is -2.29. The van der Waals surface area contributed by atoms with Crippen molar-refractivity contribution >= 4 is 5.71 Å². The molecule has 0 aromatic heterocycles. The highest BCUT2D eigenvalue weighted by atomic mass is 16.5.